The molecule has 1 aromatic heterocycles. The molecule has 0 aliphatic heterocycles. The molecule has 5 nitrogen and oxygen atoms in total. The number of carbonyl (C=O) groups is 1. The van der Waals surface area contributed by atoms with E-state index in [1.807, 2.05) is 44.2 Å². The van der Waals surface area contributed by atoms with Crippen LogP contribution in [0.1, 0.15) is 18.1 Å². The molecular formula is C22H23N3O2S. The van der Waals surface area contributed by atoms with Gasteiger partial charge in [0.15, 0.2) is 5.16 Å². The van der Waals surface area contributed by atoms with Gasteiger partial charge in [-0.3, -0.25) is 14.2 Å². The fourth-order valence-electron chi connectivity index (χ4n) is 3.03. The molecule has 0 radical (unpaired) electrons. The summed E-state index contributed by atoms with van der Waals surface area (Å²) in [7, 11) is 0. The second kappa shape index (κ2) is 8.44. The van der Waals surface area contributed by atoms with Crippen LogP contribution < -0.4 is 10.9 Å². The van der Waals surface area contributed by atoms with Crippen molar-refractivity contribution in [2.24, 2.45) is 0 Å². The summed E-state index contributed by atoms with van der Waals surface area (Å²) in [5.74, 6) is -0.126. The number of benzene rings is 2. The SMILES string of the molecule is C=CCNC(=O)C(C)Sc1nc2ccccc2c(=O)n1-c1cc(C)cc(C)c1. The van der Waals surface area contributed by atoms with Crippen LogP contribution in [0.5, 0.6) is 0 Å². The Kier molecular flexibility index (Phi) is 5.99. The number of aryl methyl sites for hydroxylation is 2. The van der Waals surface area contributed by atoms with Gasteiger partial charge in [0.1, 0.15) is 0 Å². The van der Waals surface area contributed by atoms with Crippen LogP contribution in [-0.4, -0.2) is 27.3 Å². The molecule has 3 rings (SSSR count). The standard InChI is InChI=1S/C22H23N3O2S/c1-5-10-23-20(26)16(4)28-22-24-19-9-7-6-8-18(19)21(27)25(22)17-12-14(2)11-15(3)13-17/h5-9,11-13,16H,1,10H2,2-4H3,(H,23,26). The third-order valence-electron chi connectivity index (χ3n) is 4.28. The number of hydrogen-bond donors (Lipinski definition) is 1. The van der Waals surface area contributed by atoms with Crippen LogP contribution in [0.15, 0.2) is 65.1 Å². The van der Waals surface area contributed by atoms with Gasteiger partial charge in [0, 0.05) is 6.54 Å². The van der Waals surface area contributed by atoms with Gasteiger partial charge in [-0.25, -0.2) is 4.98 Å². The van der Waals surface area contributed by atoms with Gasteiger partial charge in [0.2, 0.25) is 5.91 Å². The van der Waals surface area contributed by atoms with Crippen LogP contribution in [0.2, 0.25) is 0 Å². The third-order valence-corrected chi connectivity index (χ3v) is 5.33. The minimum absolute atomic E-state index is 0.126. The highest BCUT2D eigenvalue weighted by Crippen LogP contribution is 2.26. The Hall–Kier alpha value is -2.86. The topological polar surface area (TPSA) is 64.0 Å². The van der Waals surface area contributed by atoms with Gasteiger partial charge in [-0.15, -0.1) is 6.58 Å². The molecule has 0 aliphatic carbocycles. The molecule has 0 spiro atoms. The van der Waals surface area contributed by atoms with E-state index in [1.54, 1.807) is 23.6 Å². The van der Waals surface area contributed by atoms with Crippen molar-refractivity contribution >= 4 is 28.6 Å². The minimum Gasteiger partial charge on any atom is -0.352 e. The summed E-state index contributed by atoms with van der Waals surface area (Å²) in [5, 5.41) is 3.42. The predicted octanol–water partition coefficient (Wildman–Crippen LogP) is 3.79. The average Bonchev–Trinajstić information content (AvgIpc) is 2.65. The normalized spacial score (nSPS) is 12.0. The first kappa shape index (κ1) is 19.9. The Balaban J connectivity index is 2.16. The number of hydrogen-bond acceptors (Lipinski definition) is 4. The maximum atomic E-state index is 13.3. The Labute approximate surface area is 168 Å². The number of aromatic nitrogens is 2. The number of fused-ring (bicyclic) bond motifs is 1. The second-order valence-corrected chi connectivity index (χ2v) is 8.00. The largest absolute Gasteiger partial charge is 0.352 e. The van der Waals surface area contributed by atoms with Gasteiger partial charge >= 0.3 is 0 Å². The van der Waals surface area contributed by atoms with Crippen LogP contribution in [0.4, 0.5) is 0 Å². The number of nitrogens with one attached hydrogen (secondary N) is 1. The van der Waals surface area contributed by atoms with E-state index >= 15 is 0 Å². The van der Waals surface area contributed by atoms with E-state index in [2.05, 4.69) is 18.0 Å². The predicted molar refractivity (Wildman–Crippen MR) is 115 cm³/mol. The average molecular weight is 394 g/mol. The van der Waals surface area contributed by atoms with E-state index in [-0.39, 0.29) is 11.5 Å². The molecule has 28 heavy (non-hydrogen) atoms. The molecule has 0 saturated carbocycles. The molecule has 0 fully saturated rings. The van der Waals surface area contributed by atoms with Crippen molar-refractivity contribution < 1.29 is 4.79 Å². The molecule has 3 aromatic rings. The summed E-state index contributed by atoms with van der Waals surface area (Å²) < 4.78 is 1.60. The molecule has 0 bridgehead atoms. The molecular weight excluding hydrogens is 370 g/mol. The fraction of sp³-hybridized carbons (Fsp3) is 0.227. The van der Waals surface area contributed by atoms with Gasteiger partial charge in [0.05, 0.1) is 21.8 Å². The van der Waals surface area contributed by atoms with E-state index < -0.39 is 5.25 Å². The zero-order chi connectivity index (χ0) is 20.3. The van der Waals surface area contributed by atoms with E-state index in [0.717, 1.165) is 16.8 Å². The van der Waals surface area contributed by atoms with Crippen molar-refractivity contribution in [2.75, 3.05) is 6.54 Å². The molecule has 6 heteroatoms. The lowest BCUT2D eigenvalue weighted by Gasteiger charge is -2.17. The van der Waals surface area contributed by atoms with Crippen LogP contribution in [0.25, 0.3) is 16.6 Å². The van der Waals surface area contributed by atoms with Crippen molar-refractivity contribution in [3.63, 3.8) is 0 Å². The first-order valence-electron chi connectivity index (χ1n) is 9.06. The number of para-hydroxylation sites is 1. The number of nitrogens with zero attached hydrogens (tertiary/aromatic N) is 2. The minimum atomic E-state index is -0.412. The van der Waals surface area contributed by atoms with Crippen molar-refractivity contribution in [1.82, 2.24) is 14.9 Å². The lowest BCUT2D eigenvalue weighted by Crippen LogP contribution is -2.32. The second-order valence-electron chi connectivity index (χ2n) is 6.69. The number of amides is 1. The van der Waals surface area contributed by atoms with Gasteiger partial charge in [0.25, 0.3) is 5.56 Å². The molecule has 1 heterocycles. The molecule has 1 N–H and O–H groups in total. The van der Waals surface area contributed by atoms with Crippen molar-refractivity contribution in [3.05, 3.63) is 76.6 Å². The lowest BCUT2D eigenvalue weighted by molar-refractivity contribution is -0.120. The van der Waals surface area contributed by atoms with Crippen LogP contribution in [0.3, 0.4) is 0 Å². The summed E-state index contributed by atoms with van der Waals surface area (Å²) in [4.78, 5) is 30.3. The monoisotopic (exact) mass is 393 g/mol. The number of thioether (sulfide) groups is 1. The zero-order valence-electron chi connectivity index (χ0n) is 16.2. The molecule has 1 amide bonds. The molecule has 2 aromatic carbocycles. The first-order valence-corrected chi connectivity index (χ1v) is 9.94. The van der Waals surface area contributed by atoms with Crippen LogP contribution in [0, 0.1) is 13.8 Å². The van der Waals surface area contributed by atoms with Gasteiger partial charge in [-0.2, -0.15) is 0 Å². The highest BCUT2D eigenvalue weighted by molar-refractivity contribution is 8.00. The van der Waals surface area contributed by atoms with E-state index in [9.17, 15) is 9.59 Å². The quantitative estimate of drug-likeness (QED) is 0.393. The zero-order valence-corrected chi connectivity index (χ0v) is 17.0. The summed E-state index contributed by atoms with van der Waals surface area (Å²) in [6.07, 6.45) is 1.63. The summed E-state index contributed by atoms with van der Waals surface area (Å²) in [6.45, 7) is 9.80. The van der Waals surface area contributed by atoms with Gasteiger partial charge < -0.3 is 5.32 Å². The van der Waals surface area contributed by atoms with Crippen molar-refractivity contribution in [1.29, 1.82) is 0 Å². The van der Waals surface area contributed by atoms with Gasteiger partial charge in [-0.1, -0.05) is 36.0 Å². The number of carbonyl (C=O) groups excluding carboxylic acids is 1. The highest BCUT2D eigenvalue weighted by Gasteiger charge is 2.20. The summed E-state index contributed by atoms with van der Waals surface area (Å²) in [6, 6.07) is 13.2. The Morgan fingerprint density at radius 3 is 2.61 bits per heavy atom. The van der Waals surface area contributed by atoms with Gasteiger partial charge in [-0.05, 0) is 56.2 Å². The molecule has 1 unspecified atom stereocenters. The van der Waals surface area contributed by atoms with E-state index in [1.165, 1.54) is 11.8 Å². The van der Waals surface area contributed by atoms with Crippen molar-refractivity contribution in [3.8, 4) is 5.69 Å². The summed E-state index contributed by atoms with van der Waals surface area (Å²) >= 11 is 1.27. The lowest BCUT2D eigenvalue weighted by atomic mass is 10.1. The fourth-order valence-corrected chi connectivity index (χ4v) is 3.98. The van der Waals surface area contributed by atoms with Crippen LogP contribution in [-0.2, 0) is 4.79 Å². The van der Waals surface area contributed by atoms with E-state index in [0.29, 0.717) is 22.6 Å². The Morgan fingerprint density at radius 1 is 1.25 bits per heavy atom. The molecule has 1 atom stereocenters. The Bertz CT molecular complexity index is 1080. The van der Waals surface area contributed by atoms with Crippen LogP contribution >= 0.6 is 11.8 Å². The van der Waals surface area contributed by atoms with Crippen molar-refractivity contribution in [2.45, 2.75) is 31.2 Å². The third kappa shape index (κ3) is 4.17. The smallest absolute Gasteiger partial charge is 0.266 e. The molecule has 0 saturated heterocycles. The molecule has 144 valence electrons. The molecule has 0 aliphatic rings. The summed E-state index contributed by atoms with van der Waals surface area (Å²) in [5.41, 5.74) is 3.35. The Morgan fingerprint density at radius 2 is 1.93 bits per heavy atom. The maximum Gasteiger partial charge on any atom is 0.266 e. The highest BCUT2D eigenvalue weighted by atomic mass is 32.2. The number of rotatable bonds is 6. The maximum absolute atomic E-state index is 13.3. The van der Waals surface area contributed by atoms with E-state index in [4.69, 9.17) is 4.98 Å². The first-order chi connectivity index (χ1) is 13.4.